The molecule has 0 N–H and O–H groups in total. The zero-order chi connectivity index (χ0) is 9.14. The molecule has 0 aliphatic carbocycles. The van der Waals surface area contributed by atoms with Crippen molar-refractivity contribution in [2.45, 2.75) is 26.7 Å². The Balaban J connectivity index is 3.23. The van der Waals surface area contributed by atoms with E-state index in [9.17, 15) is 0 Å². The fourth-order valence-corrected chi connectivity index (χ4v) is 1.59. The molecule has 0 bridgehead atoms. The van der Waals surface area contributed by atoms with Gasteiger partial charge in [-0.25, -0.2) is 0 Å². The summed E-state index contributed by atoms with van der Waals surface area (Å²) in [7, 11) is 0. The topological polar surface area (TPSA) is 0 Å². The SMILES string of the molecule is C#CC(C)c1c(C)cccc1C. The summed E-state index contributed by atoms with van der Waals surface area (Å²) in [6.07, 6.45) is 5.39. The fourth-order valence-electron chi connectivity index (χ4n) is 1.59. The van der Waals surface area contributed by atoms with Gasteiger partial charge in [-0.05, 0) is 37.5 Å². The average Bonchev–Trinajstić information content (AvgIpc) is 2.03. The molecule has 0 aliphatic rings. The van der Waals surface area contributed by atoms with Crippen LogP contribution in [0.15, 0.2) is 18.2 Å². The molecule has 1 unspecified atom stereocenters. The van der Waals surface area contributed by atoms with Gasteiger partial charge in [0.1, 0.15) is 0 Å². The predicted molar refractivity (Wildman–Crippen MR) is 53.2 cm³/mol. The van der Waals surface area contributed by atoms with Crippen molar-refractivity contribution < 1.29 is 0 Å². The molecule has 0 saturated heterocycles. The van der Waals surface area contributed by atoms with E-state index in [4.69, 9.17) is 6.42 Å². The highest BCUT2D eigenvalue weighted by Crippen LogP contribution is 2.22. The second-order valence-electron chi connectivity index (χ2n) is 3.19. The lowest BCUT2D eigenvalue weighted by atomic mass is 9.93. The van der Waals surface area contributed by atoms with E-state index in [2.05, 4.69) is 44.9 Å². The van der Waals surface area contributed by atoms with Gasteiger partial charge in [0.2, 0.25) is 0 Å². The molecule has 0 aliphatic heterocycles. The van der Waals surface area contributed by atoms with Crippen LogP contribution >= 0.6 is 0 Å². The lowest BCUT2D eigenvalue weighted by Gasteiger charge is -2.11. The minimum Gasteiger partial charge on any atom is -0.119 e. The minimum absolute atomic E-state index is 0.228. The highest BCUT2D eigenvalue weighted by molar-refractivity contribution is 5.39. The van der Waals surface area contributed by atoms with Gasteiger partial charge in [0.25, 0.3) is 0 Å². The van der Waals surface area contributed by atoms with Gasteiger partial charge in [-0.3, -0.25) is 0 Å². The maximum absolute atomic E-state index is 5.39. The lowest BCUT2D eigenvalue weighted by Crippen LogP contribution is -1.96. The van der Waals surface area contributed by atoms with Gasteiger partial charge >= 0.3 is 0 Å². The van der Waals surface area contributed by atoms with E-state index in [1.807, 2.05) is 0 Å². The monoisotopic (exact) mass is 158 g/mol. The largest absolute Gasteiger partial charge is 0.119 e. The van der Waals surface area contributed by atoms with Crippen LogP contribution in [0.25, 0.3) is 0 Å². The van der Waals surface area contributed by atoms with E-state index in [0.717, 1.165) is 0 Å². The summed E-state index contributed by atoms with van der Waals surface area (Å²) in [5.74, 6) is 2.99. The van der Waals surface area contributed by atoms with Crippen molar-refractivity contribution >= 4 is 0 Å². The number of benzene rings is 1. The van der Waals surface area contributed by atoms with Crippen LogP contribution in [0.1, 0.15) is 29.5 Å². The summed E-state index contributed by atoms with van der Waals surface area (Å²) in [5.41, 5.74) is 3.89. The summed E-state index contributed by atoms with van der Waals surface area (Å²) in [6, 6.07) is 6.28. The van der Waals surface area contributed by atoms with Crippen molar-refractivity contribution in [2.24, 2.45) is 0 Å². The lowest BCUT2D eigenvalue weighted by molar-refractivity contribution is 0.970. The Bertz CT molecular complexity index is 295. The van der Waals surface area contributed by atoms with Gasteiger partial charge in [-0.15, -0.1) is 6.42 Å². The Hall–Kier alpha value is -1.22. The maximum atomic E-state index is 5.39. The van der Waals surface area contributed by atoms with Gasteiger partial charge < -0.3 is 0 Å². The fraction of sp³-hybridized carbons (Fsp3) is 0.333. The molecule has 1 aromatic rings. The van der Waals surface area contributed by atoms with Crippen LogP contribution in [-0.2, 0) is 0 Å². The number of aryl methyl sites for hydroxylation is 2. The molecular formula is C12H14. The molecule has 1 rings (SSSR count). The highest BCUT2D eigenvalue weighted by atomic mass is 14.1. The molecule has 0 heteroatoms. The van der Waals surface area contributed by atoms with Gasteiger partial charge in [0.15, 0.2) is 0 Å². The molecule has 12 heavy (non-hydrogen) atoms. The summed E-state index contributed by atoms with van der Waals surface area (Å²) >= 11 is 0. The Kier molecular flexibility index (Phi) is 2.55. The van der Waals surface area contributed by atoms with Crippen LogP contribution in [0.3, 0.4) is 0 Å². The maximum Gasteiger partial charge on any atom is 0.0426 e. The second-order valence-corrected chi connectivity index (χ2v) is 3.19. The molecule has 0 heterocycles. The van der Waals surface area contributed by atoms with E-state index in [0.29, 0.717) is 0 Å². The van der Waals surface area contributed by atoms with E-state index >= 15 is 0 Å². The first-order valence-electron chi connectivity index (χ1n) is 4.19. The van der Waals surface area contributed by atoms with Crippen molar-refractivity contribution in [3.63, 3.8) is 0 Å². The minimum atomic E-state index is 0.228. The number of terminal acetylenes is 1. The molecule has 0 radical (unpaired) electrons. The van der Waals surface area contributed by atoms with Crippen LogP contribution in [0, 0.1) is 26.2 Å². The van der Waals surface area contributed by atoms with E-state index in [1.165, 1.54) is 16.7 Å². The molecule has 1 aromatic carbocycles. The van der Waals surface area contributed by atoms with Crippen molar-refractivity contribution in [2.75, 3.05) is 0 Å². The Morgan fingerprint density at radius 3 is 2.17 bits per heavy atom. The number of hydrogen-bond acceptors (Lipinski definition) is 0. The zero-order valence-corrected chi connectivity index (χ0v) is 7.89. The third kappa shape index (κ3) is 1.51. The van der Waals surface area contributed by atoms with E-state index in [1.54, 1.807) is 0 Å². The molecule has 0 amide bonds. The standard InChI is InChI=1S/C12H14/c1-5-9(2)12-10(3)7-6-8-11(12)4/h1,6-9H,2-4H3. The van der Waals surface area contributed by atoms with Crippen LogP contribution in [0.4, 0.5) is 0 Å². The molecule has 1 atom stereocenters. The summed E-state index contributed by atoms with van der Waals surface area (Å²) in [6.45, 7) is 6.28. The van der Waals surface area contributed by atoms with Crippen molar-refractivity contribution in [3.8, 4) is 12.3 Å². The van der Waals surface area contributed by atoms with Crippen LogP contribution in [0.5, 0.6) is 0 Å². The third-order valence-electron chi connectivity index (χ3n) is 2.23. The molecule has 0 spiro atoms. The van der Waals surface area contributed by atoms with Gasteiger partial charge in [0.05, 0.1) is 0 Å². The van der Waals surface area contributed by atoms with Gasteiger partial charge in [0, 0.05) is 5.92 Å². The Morgan fingerprint density at radius 1 is 1.25 bits per heavy atom. The quantitative estimate of drug-likeness (QED) is 0.551. The Morgan fingerprint density at radius 2 is 1.75 bits per heavy atom. The number of rotatable bonds is 1. The summed E-state index contributed by atoms with van der Waals surface area (Å²) < 4.78 is 0. The molecule has 0 saturated carbocycles. The van der Waals surface area contributed by atoms with E-state index < -0.39 is 0 Å². The van der Waals surface area contributed by atoms with Crippen molar-refractivity contribution in [1.29, 1.82) is 0 Å². The average molecular weight is 158 g/mol. The highest BCUT2D eigenvalue weighted by Gasteiger charge is 2.07. The van der Waals surface area contributed by atoms with Crippen molar-refractivity contribution in [3.05, 3.63) is 34.9 Å². The first kappa shape index (κ1) is 8.87. The summed E-state index contributed by atoms with van der Waals surface area (Å²) in [4.78, 5) is 0. The second kappa shape index (κ2) is 3.45. The smallest absolute Gasteiger partial charge is 0.0426 e. The molecule has 0 fully saturated rings. The van der Waals surface area contributed by atoms with Crippen LogP contribution in [0.2, 0.25) is 0 Å². The normalized spacial score (nSPS) is 12.2. The molecule has 0 nitrogen and oxygen atoms in total. The first-order chi connectivity index (χ1) is 5.66. The zero-order valence-electron chi connectivity index (χ0n) is 7.89. The van der Waals surface area contributed by atoms with Crippen LogP contribution in [-0.4, -0.2) is 0 Å². The predicted octanol–water partition coefficient (Wildman–Crippen LogP) is 3.04. The molecule has 62 valence electrons. The first-order valence-corrected chi connectivity index (χ1v) is 4.19. The third-order valence-corrected chi connectivity index (χ3v) is 2.23. The molecule has 0 aromatic heterocycles. The number of hydrogen-bond donors (Lipinski definition) is 0. The Labute approximate surface area is 74.6 Å². The van der Waals surface area contributed by atoms with Crippen LogP contribution < -0.4 is 0 Å². The van der Waals surface area contributed by atoms with Crippen molar-refractivity contribution in [1.82, 2.24) is 0 Å². The van der Waals surface area contributed by atoms with Gasteiger partial charge in [-0.1, -0.05) is 24.1 Å². The molecular weight excluding hydrogens is 144 g/mol. The summed E-state index contributed by atoms with van der Waals surface area (Å²) in [5, 5.41) is 0. The van der Waals surface area contributed by atoms with E-state index in [-0.39, 0.29) is 5.92 Å². The van der Waals surface area contributed by atoms with Gasteiger partial charge in [-0.2, -0.15) is 0 Å².